The number of nitrogens with zero attached hydrogens (tertiary/aromatic N) is 6. The van der Waals surface area contributed by atoms with Gasteiger partial charge in [0.25, 0.3) is 11.8 Å². The predicted molar refractivity (Wildman–Crippen MR) is 311 cm³/mol. The largest absolute Gasteiger partial charge is 0.383 e. The first kappa shape index (κ1) is 59.5. The number of carbonyl (C=O) groups is 6. The molecule has 0 radical (unpaired) electrons. The number of hydrogen-bond donors (Lipinski definition) is 2. The van der Waals surface area contributed by atoms with Crippen molar-refractivity contribution in [2.75, 3.05) is 129 Å². The third-order valence-corrected chi connectivity index (χ3v) is 18.2. The van der Waals surface area contributed by atoms with Crippen molar-refractivity contribution >= 4 is 46.9 Å². The van der Waals surface area contributed by atoms with Gasteiger partial charge in [0.05, 0.1) is 31.2 Å². The van der Waals surface area contributed by atoms with Crippen LogP contribution in [0.15, 0.2) is 48.5 Å². The van der Waals surface area contributed by atoms with Gasteiger partial charge in [-0.3, -0.25) is 43.5 Å². The maximum absolute atomic E-state index is 13.9. The fourth-order valence-electron chi connectivity index (χ4n) is 13.2. The second-order valence-corrected chi connectivity index (χ2v) is 24.5. The van der Waals surface area contributed by atoms with Gasteiger partial charge in [0.2, 0.25) is 5.91 Å². The number of Topliss-reactive ketones (excluding diaryl/α,β-unsaturated/α-hetero) is 2. The SMILES string of the molecule is COCCN1CCN(c2ccc(C(=O)NC(C=O)(C3CCCCC3)N3CC(C#CC4CC4)C4OCC(=O)C43)cc2)CC1.COCCN1CCN(c2ccc(C(=O)NC(CC(C)C)C(=O)N3CC(C#CC4CC4)C4OCC(=O)C43)cc2)CC1. The Balaban J connectivity index is 0.000000184. The number of ether oxygens (including phenoxy) is 4. The van der Waals surface area contributed by atoms with Gasteiger partial charge in [0, 0.05) is 133 Å². The Kier molecular flexibility index (Phi) is 19.8. The van der Waals surface area contributed by atoms with Gasteiger partial charge >= 0.3 is 0 Å². The Morgan fingerprint density at radius 1 is 0.646 bits per heavy atom. The van der Waals surface area contributed by atoms with Gasteiger partial charge in [0.1, 0.15) is 37.4 Å². The number of carbonyl (C=O) groups excluding carboxylic acids is 6. The highest BCUT2D eigenvalue weighted by atomic mass is 16.5. The quantitative estimate of drug-likeness (QED) is 0.160. The second kappa shape index (κ2) is 27.3. The topological polar surface area (TPSA) is 183 Å². The first-order valence-electron chi connectivity index (χ1n) is 30.5. The minimum Gasteiger partial charge on any atom is -0.383 e. The van der Waals surface area contributed by atoms with Crippen LogP contribution in [0.4, 0.5) is 11.4 Å². The molecule has 0 aromatic heterocycles. The Bertz CT molecular complexity index is 2690. The van der Waals surface area contributed by atoms with E-state index in [0.717, 1.165) is 154 Å². The van der Waals surface area contributed by atoms with Crippen molar-refractivity contribution in [3.63, 3.8) is 0 Å². The lowest BCUT2D eigenvalue weighted by Gasteiger charge is -2.46. The van der Waals surface area contributed by atoms with E-state index in [9.17, 15) is 28.8 Å². The number of anilines is 2. The lowest BCUT2D eigenvalue weighted by Crippen LogP contribution is -2.68. The lowest BCUT2D eigenvalue weighted by atomic mass is 9.78. The van der Waals surface area contributed by atoms with Gasteiger partial charge in [-0.05, 0) is 99.4 Å². The van der Waals surface area contributed by atoms with E-state index in [4.69, 9.17) is 18.9 Å². The van der Waals surface area contributed by atoms with E-state index >= 15 is 0 Å². The van der Waals surface area contributed by atoms with Crippen LogP contribution in [0.3, 0.4) is 0 Å². The molecule has 8 atom stereocenters. The number of likely N-dealkylation sites (tertiary alicyclic amines) is 2. The number of amides is 3. The van der Waals surface area contributed by atoms with Crippen LogP contribution in [0.1, 0.15) is 98.8 Å². The summed E-state index contributed by atoms with van der Waals surface area (Å²) >= 11 is 0. The molecule has 2 N–H and O–H groups in total. The first-order valence-corrected chi connectivity index (χ1v) is 30.5. The number of piperazine rings is 2. The third kappa shape index (κ3) is 14.1. The zero-order valence-electron chi connectivity index (χ0n) is 48.7. The Labute approximate surface area is 484 Å². The van der Waals surface area contributed by atoms with Crippen molar-refractivity contribution in [2.24, 2.45) is 35.5 Å². The normalized spacial score (nSPS) is 27.1. The highest BCUT2D eigenvalue weighted by Gasteiger charge is 2.59. The standard InChI is InChI=1S/C33H44N4O5.C31H42N4O5/c1-41-20-19-35-15-17-36(18-16-35)28-13-11-25(12-14-28)32(40)34-33(23-38,27-5-3-2-4-6-27)37-21-26(10-9-24-7-8-24)31-30(37)29(39)22-42-31;1-21(2)18-26(31(38)35-19-24(7-6-22-4-5-22)29-28(35)27(36)20-40-29)32-30(37)23-8-10-25(11-9-23)34-14-12-33(13-15-34)16-17-39-3/h11-14,23-24,26-27,30-31H,2-8,15-22H2,1H3,(H,34,40);8-11,21-22,24,26,28-29H,4-5,12-20H2,1-3H3,(H,32,37). The maximum atomic E-state index is 13.9. The summed E-state index contributed by atoms with van der Waals surface area (Å²) in [5.41, 5.74) is 1.90. The Morgan fingerprint density at radius 3 is 1.62 bits per heavy atom. The first-order chi connectivity index (χ1) is 39.9. The zero-order valence-corrected chi connectivity index (χ0v) is 48.7. The summed E-state index contributed by atoms with van der Waals surface area (Å²) in [5, 5.41) is 6.18. The summed E-state index contributed by atoms with van der Waals surface area (Å²) in [4.78, 5) is 93.1. The van der Waals surface area contributed by atoms with E-state index in [2.05, 4.69) is 53.9 Å². The summed E-state index contributed by atoms with van der Waals surface area (Å²) < 4.78 is 22.1. The molecule has 3 amide bonds. The smallest absolute Gasteiger partial charge is 0.253 e. The van der Waals surface area contributed by atoms with E-state index in [1.807, 2.05) is 67.3 Å². The van der Waals surface area contributed by atoms with Gasteiger partial charge in [-0.2, -0.15) is 0 Å². The van der Waals surface area contributed by atoms with Gasteiger partial charge in [-0.1, -0.05) is 56.8 Å². The molecule has 0 spiro atoms. The molecule has 2 aromatic carbocycles. The average molecular weight is 1130 g/mol. The van der Waals surface area contributed by atoms with Crippen LogP contribution in [0.2, 0.25) is 0 Å². The lowest BCUT2D eigenvalue weighted by molar-refractivity contribution is -0.138. The molecule has 3 saturated carbocycles. The molecule has 0 bridgehead atoms. The average Bonchev–Trinajstić information content (AvgIpc) is 2.62. The molecule has 9 aliphatic rings. The maximum Gasteiger partial charge on any atom is 0.253 e. The van der Waals surface area contributed by atoms with Crippen molar-refractivity contribution in [3.8, 4) is 23.7 Å². The number of methoxy groups -OCH3 is 2. The molecule has 82 heavy (non-hydrogen) atoms. The van der Waals surface area contributed by atoms with Crippen LogP contribution < -0.4 is 20.4 Å². The molecule has 6 heterocycles. The molecule has 3 aliphatic carbocycles. The van der Waals surface area contributed by atoms with Gasteiger partial charge < -0.3 is 44.3 Å². The van der Waals surface area contributed by atoms with Crippen molar-refractivity contribution in [2.45, 2.75) is 114 Å². The fraction of sp³-hybridized carbons (Fsp3) is 0.656. The number of rotatable bonds is 18. The van der Waals surface area contributed by atoms with Crippen LogP contribution in [-0.2, 0) is 38.1 Å². The van der Waals surface area contributed by atoms with Crippen LogP contribution in [-0.4, -0.2) is 210 Å². The van der Waals surface area contributed by atoms with Crippen LogP contribution in [0.5, 0.6) is 0 Å². The molecule has 6 saturated heterocycles. The van der Waals surface area contributed by atoms with Crippen LogP contribution >= 0.6 is 0 Å². The fourth-order valence-corrected chi connectivity index (χ4v) is 13.2. The molecule has 11 rings (SSSR count). The van der Waals surface area contributed by atoms with Gasteiger partial charge in [-0.15, -0.1) is 0 Å². The van der Waals surface area contributed by atoms with Gasteiger partial charge in [-0.25, -0.2) is 0 Å². The van der Waals surface area contributed by atoms with Crippen LogP contribution in [0.25, 0.3) is 0 Å². The summed E-state index contributed by atoms with van der Waals surface area (Å²) in [5.74, 6) is 13.0. The van der Waals surface area contributed by atoms with Crippen LogP contribution in [0, 0.1) is 59.2 Å². The van der Waals surface area contributed by atoms with Crippen molar-refractivity contribution < 1.29 is 47.7 Å². The molecule has 8 unspecified atom stereocenters. The number of hydrogen-bond acceptors (Lipinski definition) is 15. The molecule has 18 heteroatoms. The van der Waals surface area contributed by atoms with E-state index in [1.165, 1.54) is 0 Å². The third-order valence-electron chi connectivity index (χ3n) is 18.2. The second-order valence-electron chi connectivity index (χ2n) is 24.5. The van der Waals surface area contributed by atoms with Crippen molar-refractivity contribution in [1.29, 1.82) is 0 Å². The summed E-state index contributed by atoms with van der Waals surface area (Å²) in [7, 11) is 3.46. The van der Waals surface area contributed by atoms with Gasteiger partial charge in [0.15, 0.2) is 23.5 Å². The van der Waals surface area contributed by atoms with Crippen molar-refractivity contribution in [3.05, 3.63) is 59.7 Å². The predicted octanol–water partition coefficient (Wildman–Crippen LogP) is 4.15. The molecule has 18 nitrogen and oxygen atoms in total. The van der Waals surface area contributed by atoms with E-state index < -0.39 is 23.8 Å². The summed E-state index contributed by atoms with van der Waals surface area (Å²) in [6, 6.07) is 13.4. The zero-order chi connectivity index (χ0) is 57.3. The number of nitrogens with one attached hydrogen (secondary N) is 2. The number of benzene rings is 2. The number of fused-ring (bicyclic) bond motifs is 2. The molecule has 2 aromatic rings. The minimum atomic E-state index is -1.28. The number of aldehydes is 1. The molecule has 9 fully saturated rings. The summed E-state index contributed by atoms with van der Waals surface area (Å²) in [6.45, 7) is 15.8. The highest BCUT2D eigenvalue weighted by Crippen LogP contribution is 2.43. The molecule has 442 valence electrons. The number of ketones is 2. The highest BCUT2D eigenvalue weighted by molar-refractivity contribution is 6.00. The van der Waals surface area contributed by atoms with E-state index in [0.29, 0.717) is 42.5 Å². The molecular weight excluding hydrogens is 1040 g/mol. The minimum absolute atomic E-state index is 0.0104. The molecule has 6 aliphatic heterocycles. The van der Waals surface area contributed by atoms with E-state index in [-0.39, 0.29) is 78.4 Å². The van der Waals surface area contributed by atoms with E-state index in [1.54, 1.807) is 19.1 Å². The molecular formula is C64H86N8O10. The Hall–Kier alpha value is -5.70. The summed E-state index contributed by atoms with van der Waals surface area (Å²) in [6.07, 6.45) is 9.89. The van der Waals surface area contributed by atoms with Crippen molar-refractivity contribution in [1.82, 2.24) is 30.2 Å². The monoisotopic (exact) mass is 1130 g/mol. The Morgan fingerprint density at radius 2 is 1.13 bits per heavy atom.